The van der Waals surface area contributed by atoms with Crippen LogP contribution in [-0.4, -0.2) is 27.1 Å². The number of fused-ring (bicyclic) bond motifs is 1. The standard InChI is InChI=1S/C21H23N3O2/c1-13(20(25)26)22-19-16-7-5-6-8-17(16)23-18(24-19)14-9-11-15(12-10-14)21(2,3)4/h5-13H,1-4H3,(H,25,26)(H,22,23,24). The predicted molar refractivity (Wildman–Crippen MR) is 104 cm³/mol. The number of carbonyl (C=O) groups is 1. The van der Waals surface area contributed by atoms with Crippen molar-refractivity contribution in [2.75, 3.05) is 5.32 Å². The quantitative estimate of drug-likeness (QED) is 0.726. The first-order valence-corrected chi connectivity index (χ1v) is 8.63. The first-order chi connectivity index (χ1) is 12.3. The number of hydrogen-bond donors (Lipinski definition) is 2. The molecule has 3 rings (SSSR count). The molecule has 2 aromatic carbocycles. The summed E-state index contributed by atoms with van der Waals surface area (Å²) in [4.78, 5) is 20.5. The van der Waals surface area contributed by atoms with Crippen molar-refractivity contribution in [1.29, 1.82) is 0 Å². The van der Waals surface area contributed by atoms with E-state index >= 15 is 0 Å². The topological polar surface area (TPSA) is 75.1 Å². The Morgan fingerprint density at radius 2 is 1.69 bits per heavy atom. The van der Waals surface area contributed by atoms with Crippen molar-refractivity contribution in [1.82, 2.24) is 9.97 Å². The van der Waals surface area contributed by atoms with Crippen molar-refractivity contribution in [2.45, 2.75) is 39.2 Å². The first-order valence-electron chi connectivity index (χ1n) is 8.63. The summed E-state index contributed by atoms with van der Waals surface area (Å²) in [6.07, 6.45) is 0. The van der Waals surface area contributed by atoms with Crippen LogP contribution in [0.1, 0.15) is 33.3 Å². The van der Waals surface area contributed by atoms with E-state index in [0.717, 1.165) is 16.5 Å². The number of aliphatic carboxylic acids is 1. The van der Waals surface area contributed by atoms with Gasteiger partial charge in [0.1, 0.15) is 11.9 Å². The molecule has 0 fully saturated rings. The number of anilines is 1. The normalized spacial score (nSPS) is 12.8. The largest absolute Gasteiger partial charge is 0.480 e. The molecular weight excluding hydrogens is 326 g/mol. The Labute approximate surface area is 153 Å². The zero-order valence-corrected chi connectivity index (χ0v) is 15.4. The number of nitrogens with one attached hydrogen (secondary N) is 1. The molecule has 134 valence electrons. The number of nitrogens with zero attached hydrogens (tertiary/aromatic N) is 2. The molecule has 5 nitrogen and oxygen atoms in total. The lowest BCUT2D eigenvalue weighted by Gasteiger charge is -2.19. The predicted octanol–water partition coefficient (Wildman–Crippen LogP) is 4.48. The van der Waals surface area contributed by atoms with E-state index in [-0.39, 0.29) is 5.41 Å². The van der Waals surface area contributed by atoms with E-state index in [9.17, 15) is 9.90 Å². The Bertz CT molecular complexity index is 944. The van der Waals surface area contributed by atoms with Gasteiger partial charge in [-0.25, -0.2) is 9.97 Å². The van der Waals surface area contributed by atoms with Crippen molar-refractivity contribution in [3.8, 4) is 11.4 Å². The van der Waals surface area contributed by atoms with Crippen LogP contribution in [0.25, 0.3) is 22.3 Å². The van der Waals surface area contributed by atoms with Crippen molar-refractivity contribution < 1.29 is 9.90 Å². The summed E-state index contributed by atoms with van der Waals surface area (Å²) >= 11 is 0. The highest BCUT2D eigenvalue weighted by molar-refractivity contribution is 5.92. The third kappa shape index (κ3) is 3.67. The molecule has 0 spiro atoms. The van der Waals surface area contributed by atoms with E-state index in [1.54, 1.807) is 6.92 Å². The summed E-state index contributed by atoms with van der Waals surface area (Å²) in [6.45, 7) is 8.11. The van der Waals surface area contributed by atoms with Crippen LogP contribution >= 0.6 is 0 Å². The lowest BCUT2D eigenvalue weighted by Crippen LogP contribution is -2.26. The van der Waals surface area contributed by atoms with Gasteiger partial charge in [0.25, 0.3) is 0 Å². The average Bonchev–Trinajstić information content (AvgIpc) is 2.61. The van der Waals surface area contributed by atoms with E-state index < -0.39 is 12.0 Å². The fourth-order valence-electron chi connectivity index (χ4n) is 2.70. The number of benzene rings is 2. The minimum atomic E-state index is -0.927. The van der Waals surface area contributed by atoms with E-state index in [1.807, 2.05) is 36.4 Å². The fourth-order valence-corrected chi connectivity index (χ4v) is 2.70. The van der Waals surface area contributed by atoms with Crippen LogP contribution in [0.3, 0.4) is 0 Å². The van der Waals surface area contributed by atoms with Crippen molar-refractivity contribution >= 4 is 22.7 Å². The van der Waals surface area contributed by atoms with E-state index in [0.29, 0.717) is 11.6 Å². The number of para-hydroxylation sites is 1. The van der Waals surface area contributed by atoms with Crippen LogP contribution in [0.5, 0.6) is 0 Å². The smallest absolute Gasteiger partial charge is 0.325 e. The maximum atomic E-state index is 11.2. The Morgan fingerprint density at radius 3 is 2.31 bits per heavy atom. The maximum Gasteiger partial charge on any atom is 0.325 e. The van der Waals surface area contributed by atoms with Gasteiger partial charge in [-0.2, -0.15) is 0 Å². The molecule has 0 amide bonds. The summed E-state index contributed by atoms with van der Waals surface area (Å²) in [5.74, 6) is 0.174. The number of carboxylic acids is 1. The van der Waals surface area contributed by atoms with Crippen LogP contribution in [0, 0.1) is 0 Å². The summed E-state index contributed by atoms with van der Waals surface area (Å²) in [7, 11) is 0. The Kier molecular flexibility index (Phi) is 4.64. The molecular formula is C21H23N3O2. The fraction of sp³-hybridized carbons (Fsp3) is 0.286. The van der Waals surface area contributed by atoms with E-state index in [1.165, 1.54) is 5.56 Å². The average molecular weight is 349 g/mol. The van der Waals surface area contributed by atoms with Gasteiger partial charge in [0.2, 0.25) is 0 Å². The molecule has 26 heavy (non-hydrogen) atoms. The summed E-state index contributed by atoms with van der Waals surface area (Å²) in [5.41, 5.74) is 2.99. The number of aromatic nitrogens is 2. The zero-order valence-electron chi connectivity index (χ0n) is 15.4. The molecule has 0 radical (unpaired) electrons. The zero-order chi connectivity index (χ0) is 18.9. The first kappa shape index (κ1) is 17.9. The molecule has 0 aliphatic carbocycles. The summed E-state index contributed by atoms with van der Waals surface area (Å²) in [5, 5.41) is 13.0. The van der Waals surface area contributed by atoms with Crippen molar-refractivity contribution in [3.63, 3.8) is 0 Å². The molecule has 1 heterocycles. The van der Waals surface area contributed by atoms with Crippen LogP contribution in [-0.2, 0) is 10.2 Å². The molecule has 0 bridgehead atoms. The second-order valence-electron chi connectivity index (χ2n) is 7.44. The highest BCUT2D eigenvalue weighted by Crippen LogP contribution is 2.28. The second kappa shape index (κ2) is 6.75. The molecule has 1 unspecified atom stereocenters. The molecule has 1 aromatic heterocycles. The minimum Gasteiger partial charge on any atom is -0.480 e. The lowest BCUT2D eigenvalue weighted by atomic mass is 9.87. The van der Waals surface area contributed by atoms with Crippen LogP contribution in [0.2, 0.25) is 0 Å². The van der Waals surface area contributed by atoms with Gasteiger partial charge in [-0.05, 0) is 30.0 Å². The van der Waals surface area contributed by atoms with Gasteiger partial charge in [0, 0.05) is 10.9 Å². The van der Waals surface area contributed by atoms with Crippen LogP contribution < -0.4 is 5.32 Å². The van der Waals surface area contributed by atoms with Crippen molar-refractivity contribution in [2.24, 2.45) is 0 Å². The van der Waals surface area contributed by atoms with Gasteiger partial charge < -0.3 is 10.4 Å². The molecule has 5 heteroatoms. The van der Waals surface area contributed by atoms with Gasteiger partial charge in [-0.15, -0.1) is 0 Å². The number of rotatable bonds is 4. The lowest BCUT2D eigenvalue weighted by molar-refractivity contribution is -0.137. The van der Waals surface area contributed by atoms with Crippen molar-refractivity contribution in [3.05, 3.63) is 54.1 Å². The monoisotopic (exact) mass is 349 g/mol. The van der Waals surface area contributed by atoms with Gasteiger partial charge in [0.05, 0.1) is 5.52 Å². The Hall–Kier alpha value is -2.95. The molecule has 1 atom stereocenters. The molecule has 0 saturated carbocycles. The highest BCUT2D eigenvalue weighted by Gasteiger charge is 2.16. The van der Waals surface area contributed by atoms with Crippen LogP contribution in [0.15, 0.2) is 48.5 Å². The summed E-state index contributed by atoms with van der Waals surface area (Å²) < 4.78 is 0. The third-order valence-electron chi connectivity index (χ3n) is 4.34. The highest BCUT2D eigenvalue weighted by atomic mass is 16.4. The van der Waals surface area contributed by atoms with E-state index in [4.69, 9.17) is 0 Å². The van der Waals surface area contributed by atoms with E-state index in [2.05, 4.69) is 48.2 Å². The Balaban J connectivity index is 2.07. The third-order valence-corrected chi connectivity index (χ3v) is 4.34. The number of hydrogen-bond acceptors (Lipinski definition) is 4. The molecule has 0 aliphatic rings. The maximum absolute atomic E-state index is 11.2. The minimum absolute atomic E-state index is 0.0758. The number of carboxylic acid groups (broad SMARTS) is 1. The molecule has 0 aliphatic heterocycles. The molecule has 0 saturated heterocycles. The van der Waals surface area contributed by atoms with Crippen LogP contribution in [0.4, 0.5) is 5.82 Å². The van der Waals surface area contributed by atoms with Gasteiger partial charge in [-0.3, -0.25) is 4.79 Å². The second-order valence-corrected chi connectivity index (χ2v) is 7.44. The van der Waals surface area contributed by atoms with Gasteiger partial charge >= 0.3 is 5.97 Å². The summed E-state index contributed by atoms with van der Waals surface area (Å²) in [6, 6.07) is 15.0. The SMILES string of the molecule is CC(Nc1nc(-c2ccc(C(C)(C)C)cc2)nc2ccccc12)C(=O)O. The molecule has 3 aromatic rings. The Morgan fingerprint density at radius 1 is 1.04 bits per heavy atom. The van der Waals surface area contributed by atoms with Gasteiger partial charge in [-0.1, -0.05) is 57.2 Å². The molecule has 2 N–H and O–H groups in total. The van der Waals surface area contributed by atoms with Gasteiger partial charge in [0.15, 0.2) is 5.82 Å².